The first-order chi connectivity index (χ1) is 6.77. The average molecular weight is 192 g/mol. The van der Waals surface area contributed by atoms with Crippen LogP contribution in [0.1, 0.15) is 38.0 Å². The number of nitrogens with zero attached hydrogens (tertiary/aromatic N) is 2. The van der Waals surface area contributed by atoms with Crippen molar-refractivity contribution in [3.8, 4) is 0 Å². The van der Waals surface area contributed by atoms with Gasteiger partial charge in [-0.15, -0.1) is 0 Å². The lowest BCUT2D eigenvalue weighted by Crippen LogP contribution is -2.11. The zero-order valence-electron chi connectivity index (χ0n) is 8.43. The SMILES string of the molecule is CC1CCC(C(O)c2cnccn2)C1. The fraction of sp³-hybridized carbons (Fsp3) is 0.636. The van der Waals surface area contributed by atoms with Crippen LogP contribution in [0, 0.1) is 11.8 Å². The summed E-state index contributed by atoms with van der Waals surface area (Å²) < 4.78 is 0. The molecule has 1 aromatic heterocycles. The van der Waals surface area contributed by atoms with Gasteiger partial charge in [0.05, 0.1) is 11.9 Å². The van der Waals surface area contributed by atoms with E-state index < -0.39 is 6.10 Å². The molecule has 2 rings (SSSR count). The van der Waals surface area contributed by atoms with Crippen LogP contribution in [0.5, 0.6) is 0 Å². The van der Waals surface area contributed by atoms with E-state index >= 15 is 0 Å². The first-order valence-electron chi connectivity index (χ1n) is 5.21. The van der Waals surface area contributed by atoms with Crippen LogP contribution in [0.4, 0.5) is 0 Å². The van der Waals surface area contributed by atoms with Crippen molar-refractivity contribution in [2.45, 2.75) is 32.3 Å². The van der Waals surface area contributed by atoms with Crippen LogP contribution in [-0.4, -0.2) is 15.1 Å². The molecule has 0 amide bonds. The summed E-state index contributed by atoms with van der Waals surface area (Å²) in [5.74, 6) is 1.12. The van der Waals surface area contributed by atoms with E-state index in [1.54, 1.807) is 18.6 Å². The number of hydrogen-bond donors (Lipinski definition) is 1. The normalized spacial score (nSPS) is 29.0. The van der Waals surface area contributed by atoms with Gasteiger partial charge in [0.2, 0.25) is 0 Å². The van der Waals surface area contributed by atoms with Crippen LogP contribution < -0.4 is 0 Å². The Morgan fingerprint density at radius 1 is 1.43 bits per heavy atom. The van der Waals surface area contributed by atoms with E-state index in [9.17, 15) is 5.11 Å². The van der Waals surface area contributed by atoms with Crippen LogP contribution in [0.15, 0.2) is 18.6 Å². The standard InChI is InChI=1S/C11H16N2O/c1-8-2-3-9(6-8)11(14)10-7-12-4-5-13-10/h4-5,7-9,11,14H,2-3,6H2,1H3. The number of aliphatic hydroxyl groups is 1. The molecule has 3 heteroatoms. The molecule has 3 atom stereocenters. The first kappa shape index (κ1) is 9.59. The van der Waals surface area contributed by atoms with Gasteiger partial charge in [-0.25, -0.2) is 0 Å². The fourth-order valence-electron chi connectivity index (χ4n) is 2.24. The third kappa shape index (κ3) is 1.93. The second-order valence-electron chi connectivity index (χ2n) is 4.25. The van der Waals surface area contributed by atoms with E-state index in [1.807, 2.05) is 0 Å². The Morgan fingerprint density at radius 2 is 2.29 bits per heavy atom. The predicted octanol–water partition coefficient (Wildman–Crippen LogP) is 1.95. The third-order valence-electron chi connectivity index (χ3n) is 3.07. The van der Waals surface area contributed by atoms with Crippen molar-refractivity contribution in [2.24, 2.45) is 11.8 Å². The molecule has 0 saturated heterocycles. The Bertz CT molecular complexity index is 289. The molecule has 14 heavy (non-hydrogen) atoms. The molecule has 0 bridgehead atoms. The lowest BCUT2D eigenvalue weighted by molar-refractivity contribution is 0.105. The van der Waals surface area contributed by atoms with E-state index in [0.717, 1.165) is 18.8 Å². The van der Waals surface area contributed by atoms with Gasteiger partial charge in [0, 0.05) is 12.4 Å². The van der Waals surface area contributed by atoms with Crippen molar-refractivity contribution in [2.75, 3.05) is 0 Å². The maximum Gasteiger partial charge on any atom is 0.100 e. The zero-order valence-corrected chi connectivity index (χ0v) is 8.43. The minimum absolute atomic E-state index is 0.377. The van der Waals surface area contributed by atoms with Crippen molar-refractivity contribution in [3.63, 3.8) is 0 Å². The molecule has 1 heterocycles. The van der Waals surface area contributed by atoms with Crippen molar-refractivity contribution >= 4 is 0 Å². The Morgan fingerprint density at radius 3 is 2.86 bits per heavy atom. The highest BCUT2D eigenvalue weighted by Crippen LogP contribution is 2.37. The minimum atomic E-state index is -0.423. The van der Waals surface area contributed by atoms with Gasteiger partial charge >= 0.3 is 0 Å². The molecule has 3 unspecified atom stereocenters. The lowest BCUT2D eigenvalue weighted by atomic mass is 9.97. The highest BCUT2D eigenvalue weighted by molar-refractivity contribution is 5.02. The topological polar surface area (TPSA) is 46.0 Å². The van der Waals surface area contributed by atoms with Gasteiger partial charge in [-0.2, -0.15) is 0 Å². The Kier molecular flexibility index (Phi) is 2.77. The van der Waals surface area contributed by atoms with Gasteiger partial charge in [-0.1, -0.05) is 13.3 Å². The smallest absolute Gasteiger partial charge is 0.100 e. The van der Waals surface area contributed by atoms with Crippen LogP contribution in [0.2, 0.25) is 0 Å². The summed E-state index contributed by atoms with van der Waals surface area (Å²) in [5, 5.41) is 10.0. The predicted molar refractivity (Wildman–Crippen MR) is 53.5 cm³/mol. The molecule has 1 N–H and O–H groups in total. The van der Waals surface area contributed by atoms with E-state index in [4.69, 9.17) is 0 Å². The molecular weight excluding hydrogens is 176 g/mol. The van der Waals surface area contributed by atoms with Gasteiger partial charge in [0.1, 0.15) is 6.10 Å². The van der Waals surface area contributed by atoms with Gasteiger partial charge in [-0.05, 0) is 24.7 Å². The van der Waals surface area contributed by atoms with Crippen LogP contribution in [-0.2, 0) is 0 Å². The molecular formula is C11H16N2O. The third-order valence-corrected chi connectivity index (χ3v) is 3.07. The number of rotatable bonds is 2. The summed E-state index contributed by atoms with van der Waals surface area (Å²) in [5.41, 5.74) is 0.714. The van der Waals surface area contributed by atoms with Gasteiger partial charge in [-0.3, -0.25) is 9.97 Å². The van der Waals surface area contributed by atoms with E-state index in [-0.39, 0.29) is 0 Å². The van der Waals surface area contributed by atoms with E-state index in [1.165, 1.54) is 6.42 Å². The number of aromatic nitrogens is 2. The molecule has 1 aliphatic carbocycles. The minimum Gasteiger partial charge on any atom is -0.386 e. The number of aliphatic hydroxyl groups excluding tert-OH is 1. The quantitative estimate of drug-likeness (QED) is 0.779. The molecule has 1 fully saturated rings. The summed E-state index contributed by atoms with van der Waals surface area (Å²) in [6.07, 6.45) is 7.95. The molecule has 0 aromatic carbocycles. The fourth-order valence-corrected chi connectivity index (χ4v) is 2.24. The van der Waals surface area contributed by atoms with Crippen LogP contribution >= 0.6 is 0 Å². The second-order valence-corrected chi connectivity index (χ2v) is 4.25. The largest absolute Gasteiger partial charge is 0.386 e. The Hall–Kier alpha value is -0.960. The summed E-state index contributed by atoms with van der Waals surface area (Å²) in [4.78, 5) is 8.11. The summed E-state index contributed by atoms with van der Waals surface area (Å²) in [7, 11) is 0. The summed E-state index contributed by atoms with van der Waals surface area (Å²) in [6, 6.07) is 0. The molecule has 0 spiro atoms. The monoisotopic (exact) mass is 192 g/mol. The van der Waals surface area contributed by atoms with Crippen LogP contribution in [0.3, 0.4) is 0 Å². The van der Waals surface area contributed by atoms with Crippen molar-refractivity contribution in [3.05, 3.63) is 24.3 Å². The molecule has 1 saturated carbocycles. The molecule has 0 aliphatic heterocycles. The first-order valence-corrected chi connectivity index (χ1v) is 5.21. The average Bonchev–Trinajstić information content (AvgIpc) is 2.65. The van der Waals surface area contributed by atoms with Crippen molar-refractivity contribution in [1.29, 1.82) is 0 Å². The summed E-state index contributed by atoms with van der Waals surface area (Å²) >= 11 is 0. The Balaban J connectivity index is 2.05. The molecule has 1 aliphatic rings. The van der Waals surface area contributed by atoms with Gasteiger partial charge in [0.25, 0.3) is 0 Å². The number of hydrogen-bond acceptors (Lipinski definition) is 3. The van der Waals surface area contributed by atoms with Crippen molar-refractivity contribution < 1.29 is 5.11 Å². The highest BCUT2D eigenvalue weighted by atomic mass is 16.3. The molecule has 76 valence electrons. The van der Waals surface area contributed by atoms with Crippen molar-refractivity contribution in [1.82, 2.24) is 9.97 Å². The second kappa shape index (κ2) is 4.05. The molecule has 0 radical (unpaired) electrons. The molecule has 1 aromatic rings. The van der Waals surface area contributed by atoms with Gasteiger partial charge < -0.3 is 5.11 Å². The molecule has 3 nitrogen and oxygen atoms in total. The Labute approximate surface area is 84.2 Å². The zero-order chi connectivity index (χ0) is 9.97. The lowest BCUT2D eigenvalue weighted by Gasteiger charge is -2.16. The maximum absolute atomic E-state index is 10.0. The van der Waals surface area contributed by atoms with E-state index in [2.05, 4.69) is 16.9 Å². The summed E-state index contributed by atoms with van der Waals surface area (Å²) in [6.45, 7) is 2.24. The van der Waals surface area contributed by atoms with E-state index in [0.29, 0.717) is 11.6 Å². The van der Waals surface area contributed by atoms with Crippen LogP contribution in [0.25, 0.3) is 0 Å². The maximum atomic E-state index is 10.0. The van der Waals surface area contributed by atoms with Gasteiger partial charge in [0.15, 0.2) is 0 Å². The highest BCUT2D eigenvalue weighted by Gasteiger charge is 2.29.